The molecule has 2 aliphatic rings. The second kappa shape index (κ2) is 11.1. The maximum Gasteiger partial charge on any atom is 0.408 e. The van der Waals surface area contributed by atoms with Crippen LogP contribution < -0.4 is 15.5 Å². The monoisotopic (exact) mass is 539 g/mol. The predicted molar refractivity (Wildman–Crippen MR) is 152 cm³/mol. The van der Waals surface area contributed by atoms with E-state index in [0.717, 1.165) is 5.56 Å². The molecule has 1 amide bonds. The van der Waals surface area contributed by atoms with Crippen molar-refractivity contribution in [2.45, 2.75) is 44.9 Å². The van der Waals surface area contributed by atoms with E-state index in [1.807, 2.05) is 35.2 Å². The number of ketones is 3. The van der Waals surface area contributed by atoms with Crippen molar-refractivity contribution >= 4 is 29.1 Å². The van der Waals surface area contributed by atoms with Crippen molar-refractivity contribution in [2.75, 3.05) is 24.5 Å². The number of fused-ring (bicyclic) bond motifs is 2. The molecule has 0 aromatic heterocycles. The lowest BCUT2D eigenvalue weighted by atomic mass is 9.82. The van der Waals surface area contributed by atoms with Crippen LogP contribution in [0.5, 0.6) is 0 Å². The molecule has 2 N–H and O–H groups in total. The molecule has 8 nitrogen and oxygen atoms in total. The first kappa shape index (κ1) is 27.3. The molecule has 40 heavy (non-hydrogen) atoms. The molecule has 1 saturated heterocycles. The molecule has 0 bridgehead atoms. The molecule has 8 heteroatoms. The molecule has 2 atom stereocenters. The highest BCUT2D eigenvalue weighted by Gasteiger charge is 2.39. The maximum absolute atomic E-state index is 14.2. The lowest BCUT2D eigenvalue weighted by Crippen LogP contribution is -2.60. The molecule has 1 aliphatic carbocycles. The second-order valence-electron chi connectivity index (χ2n) is 11.1. The first-order valence-electron chi connectivity index (χ1n) is 13.5. The Morgan fingerprint density at radius 2 is 1.57 bits per heavy atom. The third kappa shape index (κ3) is 5.53. The Bertz CT molecular complexity index is 1460. The number of hydrogen-bond donors (Lipinski definition) is 2. The van der Waals surface area contributed by atoms with Crippen molar-refractivity contribution in [1.82, 2.24) is 10.6 Å². The highest BCUT2D eigenvalue weighted by atomic mass is 16.6. The number of Topliss-reactive ketones (excluding diaryl/α,β-unsaturated/α-hetero) is 1. The topological polar surface area (TPSA) is 105 Å². The summed E-state index contributed by atoms with van der Waals surface area (Å²) >= 11 is 0. The summed E-state index contributed by atoms with van der Waals surface area (Å²) in [7, 11) is 0. The van der Waals surface area contributed by atoms with E-state index in [9.17, 15) is 19.2 Å². The van der Waals surface area contributed by atoms with Gasteiger partial charge in [-0.3, -0.25) is 14.4 Å². The van der Waals surface area contributed by atoms with Crippen LogP contribution in [0.2, 0.25) is 0 Å². The molecule has 206 valence electrons. The van der Waals surface area contributed by atoms with E-state index in [0.29, 0.717) is 47.6 Å². The van der Waals surface area contributed by atoms with Gasteiger partial charge in [0.1, 0.15) is 11.6 Å². The van der Waals surface area contributed by atoms with Crippen LogP contribution >= 0.6 is 0 Å². The Morgan fingerprint density at radius 1 is 0.925 bits per heavy atom. The van der Waals surface area contributed by atoms with Crippen LogP contribution in [0.1, 0.15) is 58.2 Å². The van der Waals surface area contributed by atoms with E-state index in [-0.39, 0.29) is 23.8 Å². The molecule has 3 aromatic carbocycles. The molecule has 1 unspecified atom stereocenters. The maximum atomic E-state index is 14.2. The fourth-order valence-corrected chi connectivity index (χ4v) is 5.37. The summed E-state index contributed by atoms with van der Waals surface area (Å²) in [5.74, 6) is -0.661. The molecule has 0 radical (unpaired) electrons. The number of nitrogens with zero attached hydrogens (tertiary/aromatic N) is 1. The Kier molecular flexibility index (Phi) is 7.54. The smallest absolute Gasteiger partial charge is 0.408 e. The third-order valence-electron chi connectivity index (χ3n) is 7.13. The number of rotatable bonds is 6. The highest BCUT2D eigenvalue weighted by Crippen LogP contribution is 2.35. The lowest BCUT2D eigenvalue weighted by Gasteiger charge is -2.40. The minimum absolute atomic E-state index is 0.210. The van der Waals surface area contributed by atoms with Crippen molar-refractivity contribution in [3.63, 3.8) is 0 Å². The molecule has 5 rings (SSSR count). The van der Waals surface area contributed by atoms with Gasteiger partial charge in [-0.1, -0.05) is 66.7 Å². The Labute approximate surface area is 233 Å². The molecule has 1 fully saturated rings. The third-order valence-corrected chi connectivity index (χ3v) is 7.13. The van der Waals surface area contributed by atoms with E-state index < -0.39 is 23.8 Å². The van der Waals surface area contributed by atoms with Crippen molar-refractivity contribution in [3.05, 3.63) is 101 Å². The van der Waals surface area contributed by atoms with Crippen LogP contribution in [0.25, 0.3) is 0 Å². The van der Waals surface area contributed by atoms with Crippen molar-refractivity contribution < 1.29 is 23.9 Å². The average molecular weight is 540 g/mol. The summed E-state index contributed by atoms with van der Waals surface area (Å²) in [5.41, 5.74) is 2.09. The highest BCUT2D eigenvalue weighted by molar-refractivity contribution is 6.30. The van der Waals surface area contributed by atoms with Gasteiger partial charge in [0.25, 0.3) is 0 Å². The zero-order chi connectivity index (χ0) is 28.4. The van der Waals surface area contributed by atoms with E-state index in [4.69, 9.17) is 4.74 Å². The lowest BCUT2D eigenvalue weighted by molar-refractivity contribution is -0.122. The number of anilines is 1. The molecule has 1 aliphatic heterocycles. The average Bonchev–Trinajstić information content (AvgIpc) is 2.94. The Morgan fingerprint density at radius 3 is 2.27 bits per heavy atom. The summed E-state index contributed by atoms with van der Waals surface area (Å²) in [6.45, 7) is 6.66. The summed E-state index contributed by atoms with van der Waals surface area (Å²) < 4.78 is 5.47. The van der Waals surface area contributed by atoms with Gasteiger partial charge in [0.05, 0.1) is 11.6 Å². The van der Waals surface area contributed by atoms with E-state index in [2.05, 4.69) is 10.6 Å². The number of ether oxygens (including phenoxy) is 1. The molecule has 0 spiro atoms. The van der Waals surface area contributed by atoms with Gasteiger partial charge in [0, 0.05) is 42.0 Å². The van der Waals surface area contributed by atoms with Gasteiger partial charge < -0.3 is 20.3 Å². The van der Waals surface area contributed by atoms with Gasteiger partial charge in [-0.2, -0.15) is 0 Å². The number of carbonyl (C=O) groups is 4. The van der Waals surface area contributed by atoms with Crippen LogP contribution in [0, 0.1) is 0 Å². The quantitative estimate of drug-likeness (QED) is 0.382. The fourth-order valence-electron chi connectivity index (χ4n) is 5.37. The van der Waals surface area contributed by atoms with E-state index in [1.54, 1.807) is 63.2 Å². The van der Waals surface area contributed by atoms with Gasteiger partial charge >= 0.3 is 6.09 Å². The summed E-state index contributed by atoms with van der Waals surface area (Å²) in [6, 6.07) is 19.9. The SMILES string of the molecule is CC(C)(C)OC(=O)N[C@@H](Cc1ccccc1)C(=O)C1CNCCN1c1cccc2c1C(=O)c1ccccc1C2=O. The first-order valence-corrected chi connectivity index (χ1v) is 13.5. The van der Waals surface area contributed by atoms with Crippen molar-refractivity contribution in [1.29, 1.82) is 0 Å². The molecule has 3 aromatic rings. The fraction of sp³-hybridized carbons (Fsp3) is 0.312. The Hall–Kier alpha value is -4.30. The van der Waals surface area contributed by atoms with Gasteiger partial charge in [-0.05, 0) is 38.8 Å². The predicted octanol–water partition coefficient (Wildman–Crippen LogP) is 3.95. The number of carbonyl (C=O) groups excluding carboxylic acids is 4. The van der Waals surface area contributed by atoms with Crippen LogP contribution in [-0.2, 0) is 16.0 Å². The minimum atomic E-state index is -0.873. The van der Waals surface area contributed by atoms with Gasteiger partial charge in [0.15, 0.2) is 17.3 Å². The summed E-state index contributed by atoms with van der Waals surface area (Å²) in [5, 5.41) is 6.08. The normalized spacial score (nSPS) is 17.5. The Balaban J connectivity index is 1.50. The minimum Gasteiger partial charge on any atom is -0.444 e. The van der Waals surface area contributed by atoms with E-state index in [1.165, 1.54) is 0 Å². The zero-order valence-corrected chi connectivity index (χ0v) is 22.9. The second-order valence-corrected chi connectivity index (χ2v) is 11.1. The number of nitrogens with one attached hydrogen (secondary N) is 2. The molecule has 0 saturated carbocycles. The van der Waals surface area contributed by atoms with Crippen LogP contribution in [0.15, 0.2) is 72.8 Å². The van der Waals surface area contributed by atoms with Crippen LogP contribution in [0.3, 0.4) is 0 Å². The number of benzene rings is 3. The van der Waals surface area contributed by atoms with Crippen LogP contribution in [-0.4, -0.2) is 60.8 Å². The van der Waals surface area contributed by atoms with Crippen molar-refractivity contribution in [2.24, 2.45) is 0 Å². The van der Waals surface area contributed by atoms with Crippen LogP contribution in [0.4, 0.5) is 10.5 Å². The van der Waals surface area contributed by atoms with Gasteiger partial charge in [0.2, 0.25) is 0 Å². The molecule has 1 heterocycles. The number of hydrogen-bond acceptors (Lipinski definition) is 7. The number of amides is 1. The van der Waals surface area contributed by atoms with Gasteiger partial charge in [-0.25, -0.2) is 4.79 Å². The largest absolute Gasteiger partial charge is 0.444 e. The van der Waals surface area contributed by atoms with E-state index >= 15 is 0 Å². The summed E-state index contributed by atoms with van der Waals surface area (Å²) in [4.78, 5) is 55.9. The number of alkyl carbamates (subject to hydrolysis) is 1. The van der Waals surface area contributed by atoms with Gasteiger partial charge in [-0.15, -0.1) is 0 Å². The standard InChI is InChI=1S/C32H33N3O5/c1-32(2,3)40-31(39)34-24(18-20-10-5-4-6-11-20)30(38)26-19-33-16-17-35(26)25-15-9-14-23-27(25)29(37)22-13-8-7-12-21(22)28(23)36/h4-15,24,26,33H,16-19H2,1-3H3,(H,34,39)/t24-,26?/m0/s1. The number of piperazine rings is 1. The molecular weight excluding hydrogens is 506 g/mol. The van der Waals surface area contributed by atoms with Crippen molar-refractivity contribution in [3.8, 4) is 0 Å². The molecular formula is C32H33N3O5. The first-order chi connectivity index (χ1) is 19.1. The zero-order valence-electron chi connectivity index (χ0n) is 22.9. The summed E-state index contributed by atoms with van der Waals surface area (Å²) in [6.07, 6.45) is -0.396.